The summed E-state index contributed by atoms with van der Waals surface area (Å²) in [6, 6.07) is 1.99. The maximum Gasteiger partial charge on any atom is 0.0603 e. The SMILES string of the molecule is C=Cc1cc(C)nn1C. The van der Waals surface area contributed by atoms with Crippen molar-refractivity contribution in [3.8, 4) is 0 Å². The zero-order valence-corrected chi connectivity index (χ0v) is 5.76. The molecule has 0 aliphatic rings. The van der Waals surface area contributed by atoms with Crippen LogP contribution in [-0.2, 0) is 7.05 Å². The van der Waals surface area contributed by atoms with Crippen molar-refractivity contribution in [2.75, 3.05) is 0 Å². The molecule has 0 saturated carbocycles. The maximum atomic E-state index is 4.13. The standard InChI is InChI=1S/C7H10N2/c1-4-7-5-6(2)8-9(7)3/h4-5H,1H2,2-3H3. The van der Waals surface area contributed by atoms with Crippen molar-refractivity contribution in [3.05, 3.63) is 24.0 Å². The molecule has 2 heteroatoms. The van der Waals surface area contributed by atoms with E-state index in [0.29, 0.717) is 0 Å². The Balaban J connectivity index is 3.15. The fourth-order valence-electron chi connectivity index (χ4n) is 0.822. The second-order valence-electron chi connectivity index (χ2n) is 2.04. The van der Waals surface area contributed by atoms with Crippen molar-refractivity contribution in [1.82, 2.24) is 9.78 Å². The molecule has 0 aliphatic carbocycles. The molecule has 2 nitrogen and oxygen atoms in total. The molecule has 9 heavy (non-hydrogen) atoms. The van der Waals surface area contributed by atoms with Crippen LogP contribution in [-0.4, -0.2) is 9.78 Å². The van der Waals surface area contributed by atoms with Crippen molar-refractivity contribution in [1.29, 1.82) is 0 Å². The molecule has 0 atom stereocenters. The molecular weight excluding hydrogens is 112 g/mol. The van der Waals surface area contributed by atoms with Crippen molar-refractivity contribution in [2.24, 2.45) is 7.05 Å². The predicted molar refractivity (Wildman–Crippen MR) is 38.0 cm³/mol. The molecule has 0 aliphatic heterocycles. The predicted octanol–water partition coefficient (Wildman–Crippen LogP) is 1.37. The fourth-order valence-corrected chi connectivity index (χ4v) is 0.822. The minimum atomic E-state index is 1.03. The lowest BCUT2D eigenvalue weighted by atomic mass is 10.4. The van der Waals surface area contributed by atoms with E-state index in [1.165, 1.54) is 0 Å². The van der Waals surface area contributed by atoms with Crippen molar-refractivity contribution in [2.45, 2.75) is 6.92 Å². The molecule has 48 valence electrons. The number of aromatic nitrogens is 2. The van der Waals surface area contributed by atoms with Gasteiger partial charge in [-0.2, -0.15) is 5.10 Å². The van der Waals surface area contributed by atoms with Gasteiger partial charge in [-0.1, -0.05) is 6.58 Å². The summed E-state index contributed by atoms with van der Waals surface area (Å²) < 4.78 is 1.81. The van der Waals surface area contributed by atoms with Gasteiger partial charge in [-0.15, -0.1) is 0 Å². The minimum absolute atomic E-state index is 1.03. The molecule has 0 fully saturated rings. The van der Waals surface area contributed by atoms with E-state index in [0.717, 1.165) is 11.4 Å². The molecule has 1 aromatic rings. The lowest BCUT2D eigenvalue weighted by Crippen LogP contribution is -1.91. The zero-order valence-electron chi connectivity index (χ0n) is 5.76. The molecule has 0 bridgehead atoms. The molecule has 0 aromatic carbocycles. The molecule has 0 spiro atoms. The van der Waals surface area contributed by atoms with Gasteiger partial charge < -0.3 is 0 Å². The summed E-state index contributed by atoms with van der Waals surface area (Å²) in [5, 5.41) is 4.13. The Morgan fingerprint density at radius 1 is 1.78 bits per heavy atom. The van der Waals surface area contributed by atoms with Crippen LogP contribution in [0.2, 0.25) is 0 Å². The number of rotatable bonds is 1. The van der Waals surface area contributed by atoms with Crippen LogP contribution in [0.3, 0.4) is 0 Å². The Morgan fingerprint density at radius 2 is 2.44 bits per heavy atom. The van der Waals surface area contributed by atoms with E-state index < -0.39 is 0 Å². The van der Waals surface area contributed by atoms with Gasteiger partial charge in [0, 0.05) is 7.05 Å². The molecule has 0 N–H and O–H groups in total. The molecule has 0 amide bonds. The van der Waals surface area contributed by atoms with Crippen LogP contribution in [0.4, 0.5) is 0 Å². The van der Waals surface area contributed by atoms with Crippen molar-refractivity contribution < 1.29 is 0 Å². The normalized spacial score (nSPS) is 9.56. The Labute approximate surface area is 54.8 Å². The van der Waals surface area contributed by atoms with Gasteiger partial charge in [0.1, 0.15) is 0 Å². The van der Waals surface area contributed by atoms with Crippen LogP contribution < -0.4 is 0 Å². The third-order valence-corrected chi connectivity index (χ3v) is 1.25. The van der Waals surface area contributed by atoms with E-state index in [9.17, 15) is 0 Å². The highest BCUT2D eigenvalue weighted by Crippen LogP contribution is 2.01. The van der Waals surface area contributed by atoms with Crippen LogP contribution in [0.5, 0.6) is 0 Å². The number of nitrogens with zero attached hydrogens (tertiary/aromatic N) is 2. The van der Waals surface area contributed by atoms with E-state index in [-0.39, 0.29) is 0 Å². The third kappa shape index (κ3) is 1.02. The average Bonchev–Trinajstić information content (AvgIpc) is 2.10. The van der Waals surface area contributed by atoms with E-state index >= 15 is 0 Å². The molecule has 0 saturated heterocycles. The summed E-state index contributed by atoms with van der Waals surface area (Å²) in [5.41, 5.74) is 2.10. The highest BCUT2D eigenvalue weighted by Gasteiger charge is 1.93. The van der Waals surface area contributed by atoms with Crippen molar-refractivity contribution >= 4 is 6.08 Å². The van der Waals surface area contributed by atoms with Gasteiger partial charge in [0.25, 0.3) is 0 Å². The number of hydrogen-bond acceptors (Lipinski definition) is 1. The Kier molecular flexibility index (Phi) is 1.39. The van der Waals surface area contributed by atoms with Gasteiger partial charge in [-0.25, -0.2) is 0 Å². The van der Waals surface area contributed by atoms with Gasteiger partial charge in [0.05, 0.1) is 11.4 Å². The molecule has 0 radical (unpaired) electrons. The summed E-state index contributed by atoms with van der Waals surface area (Å²) in [6.07, 6.45) is 1.79. The van der Waals surface area contributed by atoms with E-state index in [4.69, 9.17) is 0 Å². The summed E-state index contributed by atoms with van der Waals surface area (Å²) >= 11 is 0. The largest absolute Gasteiger partial charge is 0.268 e. The molecule has 1 aromatic heterocycles. The fraction of sp³-hybridized carbons (Fsp3) is 0.286. The van der Waals surface area contributed by atoms with Crippen LogP contribution in [0, 0.1) is 6.92 Å². The minimum Gasteiger partial charge on any atom is -0.268 e. The van der Waals surface area contributed by atoms with Crippen LogP contribution in [0.1, 0.15) is 11.4 Å². The van der Waals surface area contributed by atoms with Gasteiger partial charge in [-0.3, -0.25) is 4.68 Å². The van der Waals surface area contributed by atoms with Gasteiger partial charge >= 0.3 is 0 Å². The smallest absolute Gasteiger partial charge is 0.0603 e. The average molecular weight is 122 g/mol. The van der Waals surface area contributed by atoms with E-state index in [1.54, 1.807) is 6.08 Å². The highest BCUT2D eigenvalue weighted by atomic mass is 15.3. The van der Waals surface area contributed by atoms with Gasteiger partial charge in [0.15, 0.2) is 0 Å². The quantitative estimate of drug-likeness (QED) is 0.550. The summed E-state index contributed by atoms with van der Waals surface area (Å²) in [4.78, 5) is 0. The maximum absolute atomic E-state index is 4.13. The van der Waals surface area contributed by atoms with Crippen LogP contribution >= 0.6 is 0 Å². The lowest BCUT2D eigenvalue weighted by Gasteiger charge is -1.89. The monoisotopic (exact) mass is 122 g/mol. The second-order valence-corrected chi connectivity index (χ2v) is 2.04. The third-order valence-electron chi connectivity index (χ3n) is 1.25. The molecular formula is C7H10N2. The summed E-state index contributed by atoms with van der Waals surface area (Å²) in [7, 11) is 1.91. The van der Waals surface area contributed by atoms with E-state index in [2.05, 4.69) is 11.7 Å². The van der Waals surface area contributed by atoms with Gasteiger partial charge in [0.2, 0.25) is 0 Å². The topological polar surface area (TPSA) is 17.8 Å². The molecule has 0 unspecified atom stereocenters. The first-order chi connectivity index (χ1) is 4.24. The zero-order chi connectivity index (χ0) is 6.85. The lowest BCUT2D eigenvalue weighted by molar-refractivity contribution is 0.749. The number of hydrogen-bond donors (Lipinski definition) is 0. The second kappa shape index (κ2) is 2.05. The van der Waals surface area contributed by atoms with E-state index in [1.807, 2.05) is 24.7 Å². The van der Waals surface area contributed by atoms with Crippen molar-refractivity contribution in [3.63, 3.8) is 0 Å². The van der Waals surface area contributed by atoms with Crippen LogP contribution in [0.15, 0.2) is 12.6 Å². The highest BCUT2D eigenvalue weighted by molar-refractivity contribution is 5.42. The molecule has 1 heterocycles. The first-order valence-corrected chi connectivity index (χ1v) is 2.87. The summed E-state index contributed by atoms with van der Waals surface area (Å²) in [5.74, 6) is 0. The molecule has 1 rings (SSSR count). The first-order valence-electron chi connectivity index (χ1n) is 2.87. The Morgan fingerprint density at radius 3 is 2.67 bits per heavy atom. The first kappa shape index (κ1) is 6.08. The van der Waals surface area contributed by atoms with Crippen LogP contribution in [0.25, 0.3) is 6.08 Å². The Bertz CT molecular complexity index is 223. The number of aryl methyl sites for hydroxylation is 2. The van der Waals surface area contributed by atoms with Gasteiger partial charge in [-0.05, 0) is 19.1 Å². The summed E-state index contributed by atoms with van der Waals surface area (Å²) in [6.45, 7) is 5.61. The Hall–Kier alpha value is -1.05.